The lowest BCUT2D eigenvalue weighted by molar-refractivity contribution is -0.139. The van der Waals surface area contributed by atoms with E-state index in [4.69, 9.17) is 5.11 Å². The van der Waals surface area contributed by atoms with Crippen molar-refractivity contribution in [2.24, 2.45) is 5.41 Å². The molecule has 2 fully saturated rings. The summed E-state index contributed by atoms with van der Waals surface area (Å²) in [5, 5.41) is 16.1. The summed E-state index contributed by atoms with van der Waals surface area (Å²) in [7, 11) is 0. The van der Waals surface area contributed by atoms with E-state index >= 15 is 0 Å². The van der Waals surface area contributed by atoms with Crippen LogP contribution in [0.1, 0.15) is 55.1 Å². The number of hydrogen-bond acceptors (Lipinski definition) is 4. The number of amides is 2. The highest BCUT2D eigenvalue weighted by Crippen LogP contribution is 2.40. The first kappa shape index (κ1) is 17.9. The zero-order valence-electron chi connectivity index (χ0n) is 15.0. The molecule has 3 rings (SSSR count). The Morgan fingerprint density at radius 1 is 1.36 bits per heavy atom. The SMILES string of the molecule is CCCc1[nH]ncc1C(=O)N1CCC2(CCC(=O)N(CCO)C2)CC1. The average Bonchev–Trinajstić information content (AvgIpc) is 3.07. The maximum atomic E-state index is 12.8. The van der Waals surface area contributed by atoms with E-state index in [0.29, 0.717) is 25.1 Å². The highest BCUT2D eigenvalue weighted by Gasteiger charge is 2.41. The maximum absolute atomic E-state index is 12.8. The summed E-state index contributed by atoms with van der Waals surface area (Å²) in [6, 6.07) is 0. The van der Waals surface area contributed by atoms with Crippen molar-refractivity contribution >= 4 is 11.8 Å². The molecule has 7 nitrogen and oxygen atoms in total. The van der Waals surface area contributed by atoms with Crippen LogP contribution in [-0.4, -0.2) is 69.7 Å². The van der Waals surface area contributed by atoms with Crippen molar-refractivity contribution in [2.75, 3.05) is 32.8 Å². The quantitative estimate of drug-likeness (QED) is 0.837. The van der Waals surface area contributed by atoms with Crippen molar-refractivity contribution in [2.45, 2.75) is 45.4 Å². The lowest BCUT2D eigenvalue weighted by Gasteiger charge is -2.47. The van der Waals surface area contributed by atoms with E-state index in [1.807, 2.05) is 4.90 Å². The first-order valence-corrected chi connectivity index (χ1v) is 9.29. The maximum Gasteiger partial charge on any atom is 0.257 e. The molecule has 0 saturated carbocycles. The number of rotatable bonds is 5. The number of piperidine rings is 2. The van der Waals surface area contributed by atoms with Crippen molar-refractivity contribution in [3.05, 3.63) is 17.5 Å². The summed E-state index contributed by atoms with van der Waals surface area (Å²) in [5.74, 6) is 0.201. The van der Waals surface area contributed by atoms with Gasteiger partial charge in [-0.25, -0.2) is 0 Å². The zero-order chi connectivity index (χ0) is 17.9. The molecule has 2 amide bonds. The second kappa shape index (κ2) is 7.56. The molecule has 2 aliphatic rings. The Hall–Kier alpha value is -1.89. The standard InChI is InChI=1S/C18H28N4O3/c1-2-3-15-14(12-19-20-15)17(25)21-8-6-18(7-9-21)5-4-16(24)22(13-18)10-11-23/h12,23H,2-11,13H2,1H3,(H,19,20). The van der Waals surface area contributed by atoms with Crippen LogP contribution >= 0.6 is 0 Å². The second-order valence-electron chi connectivity index (χ2n) is 7.34. The van der Waals surface area contributed by atoms with Crippen LogP contribution in [0, 0.1) is 5.41 Å². The summed E-state index contributed by atoms with van der Waals surface area (Å²) in [5.41, 5.74) is 1.71. The molecule has 2 N–H and O–H groups in total. The monoisotopic (exact) mass is 348 g/mol. The smallest absolute Gasteiger partial charge is 0.257 e. The second-order valence-corrected chi connectivity index (χ2v) is 7.34. The Bertz CT molecular complexity index is 620. The number of H-pyrrole nitrogens is 1. The fourth-order valence-corrected chi connectivity index (χ4v) is 4.13. The fraction of sp³-hybridized carbons (Fsp3) is 0.722. The third-order valence-corrected chi connectivity index (χ3v) is 5.68. The predicted molar refractivity (Wildman–Crippen MR) is 93.1 cm³/mol. The van der Waals surface area contributed by atoms with E-state index in [9.17, 15) is 9.59 Å². The average molecular weight is 348 g/mol. The highest BCUT2D eigenvalue weighted by molar-refractivity contribution is 5.95. The summed E-state index contributed by atoms with van der Waals surface area (Å²) in [4.78, 5) is 28.5. The molecule has 0 aromatic carbocycles. The third-order valence-electron chi connectivity index (χ3n) is 5.68. The Morgan fingerprint density at radius 2 is 2.12 bits per heavy atom. The summed E-state index contributed by atoms with van der Waals surface area (Å²) in [6.45, 7) is 4.66. The van der Waals surface area contributed by atoms with Crippen LogP contribution in [-0.2, 0) is 11.2 Å². The lowest BCUT2D eigenvalue weighted by atomic mass is 9.72. The number of nitrogens with zero attached hydrogens (tertiary/aromatic N) is 3. The third kappa shape index (κ3) is 3.71. The molecule has 138 valence electrons. The van der Waals surface area contributed by atoms with Crippen LogP contribution in [0.5, 0.6) is 0 Å². The molecular weight excluding hydrogens is 320 g/mol. The van der Waals surface area contributed by atoms with Crippen molar-refractivity contribution in [3.63, 3.8) is 0 Å². The van der Waals surface area contributed by atoms with Crippen molar-refractivity contribution in [1.82, 2.24) is 20.0 Å². The molecule has 1 aromatic heterocycles. The van der Waals surface area contributed by atoms with Gasteiger partial charge in [-0.2, -0.15) is 5.10 Å². The van der Waals surface area contributed by atoms with Crippen molar-refractivity contribution in [3.8, 4) is 0 Å². The minimum atomic E-state index is 0.00707. The van der Waals surface area contributed by atoms with Gasteiger partial charge in [0.1, 0.15) is 0 Å². The van der Waals surface area contributed by atoms with E-state index in [1.165, 1.54) is 0 Å². The van der Waals surface area contributed by atoms with E-state index < -0.39 is 0 Å². The van der Waals surface area contributed by atoms with Crippen LogP contribution in [0.3, 0.4) is 0 Å². The van der Waals surface area contributed by atoms with Gasteiger partial charge in [0.25, 0.3) is 5.91 Å². The normalized spacial score (nSPS) is 20.3. The molecule has 1 aromatic rings. The molecule has 2 saturated heterocycles. The number of aliphatic hydroxyl groups is 1. The van der Waals surface area contributed by atoms with Gasteiger partial charge in [-0.3, -0.25) is 14.7 Å². The Balaban J connectivity index is 1.62. The summed E-state index contributed by atoms with van der Waals surface area (Å²) in [6.07, 6.45) is 6.71. The molecule has 0 unspecified atom stereocenters. The molecule has 0 radical (unpaired) electrons. The van der Waals surface area contributed by atoms with Gasteiger partial charge in [-0.1, -0.05) is 13.3 Å². The number of likely N-dealkylation sites (tertiary alicyclic amines) is 2. The van der Waals surface area contributed by atoms with E-state index in [0.717, 1.165) is 50.9 Å². The molecule has 0 atom stereocenters. The fourth-order valence-electron chi connectivity index (χ4n) is 4.13. The largest absolute Gasteiger partial charge is 0.395 e. The lowest BCUT2D eigenvalue weighted by Crippen LogP contribution is -2.52. The van der Waals surface area contributed by atoms with Crippen LogP contribution in [0.4, 0.5) is 0 Å². The molecule has 1 spiro atoms. The molecule has 2 aliphatic heterocycles. The molecule has 0 bridgehead atoms. The number of aliphatic hydroxyl groups excluding tert-OH is 1. The molecule has 7 heteroatoms. The molecule has 0 aliphatic carbocycles. The Labute approximate surface area is 148 Å². The van der Waals surface area contributed by atoms with Gasteiger partial charge < -0.3 is 14.9 Å². The van der Waals surface area contributed by atoms with Gasteiger partial charge in [0.05, 0.1) is 18.4 Å². The van der Waals surface area contributed by atoms with Gasteiger partial charge in [0, 0.05) is 38.3 Å². The predicted octanol–water partition coefficient (Wildman–Crippen LogP) is 1.20. The number of aromatic amines is 1. The van der Waals surface area contributed by atoms with Gasteiger partial charge in [-0.15, -0.1) is 0 Å². The van der Waals surface area contributed by atoms with Gasteiger partial charge in [-0.05, 0) is 31.1 Å². The van der Waals surface area contributed by atoms with Crippen molar-refractivity contribution < 1.29 is 14.7 Å². The number of β-amino-alcohol motifs (C(OH)–C–C–N with tert-alkyl or cyclic N) is 1. The molecular formula is C18H28N4O3. The van der Waals surface area contributed by atoms with Crippen LogP contribution in [0.15, 0.2) is 6.20 Å². The number of carbonyl (C=O) groups is 2. The van der Waals surface area contributed by atoms with Crippen LogP contribution in [0.2, 0.25) is 0 Å². The first-order chi connectivity index (χ1) is 12.1. The highest BCUT2D eigenvalue weighted by atomic mass is 16.3. The Morgan fingerprint density at radius 3 is 2.80 bits per heavy atom. The minimum Gasteiger partial charge on any atom is -0.395 e. The Kier molecular flexibility index (Phi) is 5.42. The van der Waals surface area contributed by atoms with E-state index in [-0.39, 0.29) is 23.8 Å². The number of aromatic nitrogens is 2. The number of hydrogen-bond donors (Lipinski definition) is 2. The van der Waals surface area contributed by atoms with Gasteiger partial charge in [0.15, 0.2) is 0 Å². The van der Waals surface area contributed by atoms with E-state index in [2.05, 4.69) is 17.1 Å². The van der Waals surface area contributed by atoms with Crippen LogP contribution in [0.25, 0.3) is 0 Å². The van der Waals surface area contributed by atoms with Gasteiger partial charge in [0.2, 0.25) is 5.91 Å². The van der Waals surface area contributed by atoms with E-state index in [1.54, 1.807) is 11.1 Å². The molecule has 3 heterocycles. The topological polar surface area (TPSA) is 89.5 Å². The summed E-state index contributed by atoms with van der Waals surface area (Å²) < 4.78 is 0. The number of aryl methyl sites for hydroxylation is 1. The minimum absolute atomic E-state index is 0.00707. The van der Waals surface area contributed by atoms with Gasteiger partial charge >= 0.3 is 0 Å². The number of carbonyl (C=O) groups excluding carboxylic acids is 2. The number of nitrogens with one attached hydrogen (secondary N) is 1. The first-order valence-electron chi connectivity index (χ1n) is 9.29. The molecule has 25 heavy (non-hydrogen) atoms. The van der Waals surface area contributed by atoms with Crippen LogP contribution < -0.4 is 0 Å². The zero-order valence-corrected chi connectivity index (χ0v) is 15.0. The summed E-state index contributed by atoms with van der Waals surface area (Å²) >= 11 is 0. The van der Waals surface area contributed by atoms with Crippen molar-refractivity contribution in [1.29, 1.82) is 0 Å².